The van der Waals surface area contributed by atoms with Gasteiger partial charge in [-0.15, -0.1) is 0 Å². The van der Waals surface area contributed by atoms with Crippen LogP contribution in [0.25, 0.3) is 0 Å². The van der Waals surface area contributed by atoms with E-state index in [2.05, 4.69) is 0 Å². The normalized spacial score (nSPS) is 21.2. The molecule has 0 radical (unpaired) electrons. The highest BCUT2D eigenvalue weighted by Gasteiger charge is 2.19. The lowest BCUT2D eigenvalue weighted by atomic mass is 10.0. The van der Waals surface area contributed by atoms with E-state index in [0.29, 0.717) is 12.4 Å². The third kappa shape index (κ3) is 1.02. The van der Waals surface area contributed by atoms with Crippen LogP contribution in [-0.4, -0.2) is 11.7 Å². The van der Waals surface area contributed by atoms with Crippen molar-refractivity contribution >= 4 is 0 Å². The second-order valence-corrected chi connectivity index (χ2v) is 2.94. The topological polar surface area (TPSA) is 55.5 Å². The average molecular weight is 165 g/mol. The lowest BCUT2D eigenvalue weighted by molar-refractivity contribution is 0.255. The molecule has 0 amide bonds. The van der Waals surface area contributed by atoms with Crippen molar-refractivity contribution in [1.29, 1.82) is 0 Å². The molecule has 1 aromatic carbocycles. The maximum Gasteiger partial charge on any atom is 0.165 e. The van der Waals surface area contributed by atoms with Gasteiger partial charge in [0.15, 0.2) is 11.5 Å². The summed E-state index contributed by atoms with van der Waals surface area (Å²) in [7, 11) is 0. The zero-order valence-corrected chi connectivity index (χ0v) is 6.66. The van der Waals surface area contributed by atoms with Crippen molar-refractivity contribution in [2.45, 2.75) is 12.5 Å². The van der Waals surface area contributed by atoms with Gasteiger partial charge in [-0.2, -0.15) is 0 Å². The second-order valence-electron chi connectivity index (χ2n) is 2.94. The van der Waals surface area contributed by atoms with Crippen LogP contribution < -0.4 is 10.5 Å². The fourth-order valence-corrected chi connectivity index (χ4v) is 1.43. The first kappa shape index (κ1) is 7.43. The zero-order valence-electron chi connectivity index (χ0n) is 6.66. The molecule has 0 saturated heterocycles. The number of ether oxygens (including phenoxy) is 1. The molecule has 0 aromatic heterocycles. The van der Waals surface area contributed by atoms with Crippen molar-refractivity contribution in [3.05, 3.63) is 23.8 Å². The molecule has 0 fully saturated rings. The molecule has 1 aliphatic heterocycles. The van der Waals surface area contributed by atoms with Gasteiger partial charge in [0.25, 0.3) is 0 Å². The molecule has 12 heavy (non-hydrogen) atoms. The van der Waals surface area contributed by atoms with E-state index in [1.165, 1.54) is 0 Å². The fourth-order valence-electron chi connectivity index (χ4n) is 1.43. The molecule has 0 spiro atoms. The van der Waals surface area contributed by atoms with E-state index in [9.17, 15) is 5.11 Å². The molecular weight excluding hydrogens is 154 g/mol. The van der Waals surface area contributed by atoms with Gasteiger partial charge in [-0.05, 0) is 6.07 Å². The SMILES string of the molecule is NC1CCOc2c(O)cccc21. The molecule has 1 atom stereocenters. The molecule has 1 heterocycles. The summed E-state index contributed by atoms with van der Waals surface area (Å²) in [6.07, 6.45) is 0.816. The van der Waals surface area contributed by atoms with Crippen molar-refractivity contribution in [3.8, 4) is 11.5 Å². The van der Waals surface area contributed by atoms with E-state index in [1.807, 2.05) is 6.07 Å². The lowest BCUT2D eigenvalue weighted by Gasteiger charge is -2.23. The van der Waals surface area contributed by atoms with Gasteiger partial charge in [-0.1, -0.05) is 12.1 Å². The first-order chi connectivity index (χ1) is 5.79. The Labute approximate surface area is 70.8 Å². The lowest BCUT2D eigenvalue weighted by Crippen LogP contribution is -2.20. The predicted molar refractivity (Wildman–Crippen MR) is 45.1 cm³/mol. The van der Waals surface area contributed by atoms with E-state index >= 15 is 0 Å². The highest BCUT2D eigenvalue weighted by Crippen LogP contribution is 2.37. The number of hydrogen-bond donors (Lipinski definition) is 2. The summed E-state index contributed by atoms with van der Waals surface area (Å²) >= 11 is 0. The van der Waals surface area contributed by atoms with Crippen LogP contribution in [0.2, 0.25) is 0 Å². The maximum atomic E-state index is 9.39. The van der Waals surface area contributed by atoms with Crippen LogP contribution in [0.1, 0.15) is 18.0 Å². The second kappa shape index (κ2) is 2.68. The van der Waals surface area contributed by atoms with Crippen LogP contribution in [0, 0.1) is 0 Å². The Morgan fingerprint density at radius 3 is 3.08 bits per heavy atom. The van der Waals surface area contributed by atoms with Gasteiger partial charge in [0.05, 0.1) is 6.61 Å². The first-order valence-corrected chi connectivity index (χ1v) is 3.99. The number of nitrogens with two attached hydrogens (primary N) is 1. The summed E-state index contributed by atoms with van der Waals surface area (Å²) < 4.78 is 5.29. The largest absolute Gasteiger partial charge is 0.504 e. The van der Waals surface area contributed by atoms with Gasteiger partial charge in [0, 0.05) is 18.0 Å². The van der Waals surface area contributed by atoms with Crippen LogP contribution in [0.15, 0.2) is 18.2 Å². The molecule has 0 bridgehead atoms. The van der Waals surface area contributed by atoms with Crippen LogP contribution in [0.3, 0.4) is 0 Å². The van der Waals surface area contributed by atoms with Crippen LogP contribution in [-0.2, 0) is 0 Å². The molecule has 0 aliphatic carbocycles. The van der Waals surface area contributed by atoms with E-state index in [1.54, 1.807) is 12.1 Å². The number of hydrogen-bond acceptors (Lipinski definition) is 3. The Kier molecular flexibility index (Phi) is 1.66. The molecule has 3 heteroatoms. The smallest absolute Gasteiger partial charge is 0.165 e. The highest BCUT2D eigenvalue weighted by molar-refractivity contribution is 5.47. The van der Waals surface area contributed by atoms with Crippen molar-refractivity contribution in [2.75, 3.05) is 6.61 Å². The molecule has 64 valence electrons. The number of para-hydroxylation sites is 1. The molecule has 1 aromatic rings. The minimum Gasteiger partial charge on any atom is -0.504 e. The number of aromatic hydroxyl groups is 1. The van der Waals surface area contributed by atoms with Gasteiger partial charge >= 0.3 is 0 Å². The number of benzene rings is 1. The van der Waals surface area contributed by atoms with E-state index in [0.717, 1.165) is 12.0 Å². The number of phenols is 1. The van der Waals surface area contributed by atoms with E-state index in [-0.39, 0.29) is 11.8 Å². The van der Waals surface area contributed by atoms with Crippen molar-refractivity contribution < 1.29 is 9.84 Å². The summed E-state index contributed by atoms with van der Waals surface area (Å²) in [6.45, 7) is 0.589. The standard InChI is InChI=1S/C9H11NO2/c10-7-4-5-12-9-6(7)2-1-3-8(9)11/h1-3,7,11H,4-5,10H2. The van der Waals surface area contributed by atoms with Crippen LogP contribution in [0.4, 0.5) is 0 Å². The van der Waals surface area contributed by atoms with E-state index in [4.69, 9.17) is 10.5 Å². The number of fused-ring (bicyclic) bond motifs is 1. The number of rotatable bonds is 0. The summed E-state index contributed by atoms with van der Waals surface area (Å²) in [5, 5.41) is 9.39. The molecule has 0 saturated carbocycles. The Morgan fingerprint density at radius 2 is 2.33 bits per heavy atom. The van der Waals surface area contributed by atoms with Gasteiger partial charge in [0.1, 0.15) is 0 Å². The molecular formula is C9H11NO2. The third-order valence-electron chi connectivity index (χ3n) is 2.10. The molecule has 1 unspecified atom stereocenters. The Balaban J connectivity index is 2.52. The Bertz CT molecular complexity index is 299. The minimum atomic E-state index is 0.000787. The molecule has 3 N–H and O–H groups in total. The molecule has 3 nitrogen and oxygen atoms in total. The Morgan fingerprint density at radius 1 is 1.50 bits per heavy atom. The average Bonchev–Trinajstić information content (AvgIpc) is 2.07. The van der Waals surface area contributed by atoms with Gasteiger partial charge in [-0.25, -0.2) is 0 Å². The summed E-state index contributed by atoms with van der Waals surface area (Å²) in [5.41, 5.74) is 6.73. The predicted octanol–water partition coefficient (Wildman–Crippen LogP) is 1.17. The third-order valence-corrected chi connectivity index (χ3v) is 2.10. The van der Waals surface area contributed by atoms with Gasteiger partial charge < -0.3 is 15.6 Å². The van der Waals surface area contributed by atoms with Crippen molar-refractivity contribution in [3.63, 3.8) is 0 Å². The van der Waals surface area contributed by atoms with E-state index < -0.39 is 0 Å². The zero-order chi connectivity index (χ0) is 8.55. The molecule has 2 rings (SSSR count). The Hall–Kier alpha value is -1.22. The van der Waals surface area contributed by atoms with Crippen LogP contribution in [0.5, 0.6) is 11.5 Å². The maximum absolute atomic E-state index is 9.39. The quantitative estimate of drug-likeness (QED) is 0.606. The highest BCUT2D eigenvalue weighted by atomic mass is 16.5. The minimum absolute atomic E-state index is 0.000787. The van der Waals surface area contributed by atoms with Gasteiger partial charge in [0.2, 0.25) is 0 Å². The summed E-state index contributed by atoms with van der Waals surface area (Å²) in [5.74, 6) is 0.735. The van der Waals surface area contributed by atoms with Gasteiger partial charge in [-0.3, -0.25) is 0 Å². The van der Waals surface area contributed by atoms with Crippen molar-refractivity contribution in [2.24, 2.45) is 5.73 Å². The number of phenolic OH excluding ortho intramolecular Hbond substituents is 1. The monoisotopic (exact) mass is 165 g/mol. The van der Waals surface area contributed by atoms with Crippen molar-refractivity contribution in [1.82, 2.24) is 0 Å². The molecule has 1 aliphatic rings. The first-order valence-electron chi connectivity index (χ1n) is 3.99. The van der Waals surface area contributed by atoms with Crippen LogP contribution >= 0.6 is 0 Å². The summed E-state index contributed by atoms with van der Waals surface area (Å²) in [4.78, 5) is 0. The summed E-state index contributed by atoms with van der Waals surface area (Å²) in [6, 6.07) is 5.28. The fraction of sp³-hybridized carbons (Fsp3) is 0.333.